The van der Waals surface area contributed by atoms with Crippen LogP contribution in [0.1, 0.15) is 18.3 Å². The number of imidazole rings is 1. The van der Waals surface area contributed by atoms with Gasteiger partial charge in [-0.15, -0.1) is 0 Å². The second kappa shape index (κ2) is 3.81. The van der Waals surface area contributed by atoms with Crippen molar-refractivity contribution in [3.63, 3.8) is 0 Å². The molecule has 5 heteroatoms. The van der Waals surface area contributed by atoms with Crippen LogP contribution in [-0.2, 0) is 0 Å². The second-order valence-electron chi connectivity index (χ2n) is 5.47. The van der Waals surface area contributed by atoms with Crippen molar-refractivity contribution >= 4 is 22.1 Å². The van der Waals surface area contributed by atoms with Crippen molar-refractivity contribution < 1.29 is 0 Å². The molecule has 1 unspecified atom stereocenters. The maximum atomic E-state index is 4.68. The molecule has 0 radical (unpaired) electrons. The van der Waals surface area contributed by atoms with Gasteiger partial charge in [-0.2, -0.15) is 0 Å². The Bertz CT molecular complexity index is 754. The monoisotopic (exact) mass is 255 g/mol. The summed E-state index contributed by atoms with van der Waals surface area (Å²) in [5, 5.41) is 1.17. The third kappa shape index (κ3) is 1.51. The topological polar surface area (TPSA) is 49.7 Å². The van der Waals surface area contributed by atoms with E-state index in [9.17, 15) is 0 Å². The van der Waals surface area contributed by atoms with Gasteiger partial charge in [-0.25, -0.2) is 9.97 Å². The van der Waals surface area contributed by atoms with E-state index in [1.165, 1.54) is 17.3 Å². The summed E-state index contributed by atoms with van der Waals surface area (Å²) in [6.07, 6.45) is 5.01. The first kappa shape index (κ1) is 11.0. The van der Waals surface area contributed by atoms with Gasteiger partial charge in [0.05, 0.1) is 11.7 Å². The van der Waals surface area contributed by atoms with Gasteiger partial charge in [0.2, 0.25) is 0 Å². The predicted octanol–water partition coefficient (Wildman–Crippen LogP) is 2.10. The fraction of sp³-hybridized carbons (Fsp3) is 0.429. The summed E-state index contributed by atoms with van der Waals surface area (Å²) in [7, 11) is 2.18. The highest BCUT2D eigenvalue weighted by atomic mass is 15.2. The molecular formula is C14H17N5. The molecule has 1 fully saturated rings. The van der Waals surface area contributed by atoms with Crippen LogP contribution in [0.25, 0.3) is 22.1 Å². The third-order valence-corrected chi connectivity index (χ3v) is 4.14. The van der Waals surface area contributed by atoms with Gasteiger partial charge in [0.15, 0.2) is 0 Å². The lowest BCUT2D eigenvalue weighted by atomic mass is 10.2. The van der Waals surface area contributed by atoms with E-state index in [1.807, 2.05) is 12.4 Å². The molecule has 98 valence electrons. The van der Waals surface area contributed by atoms with Gasteiger partial charge in [-0.05, 0) is 33.0 Å². The number of nitrogens with one attached hydrogen (secondary N) is 1. The standard InChI is InChI=1S/C14H17N5/c1-9-17-12-7-16-14-11(3-5-15-14)13(12)19(9)10-4-6-18(2)8-10/h3,5,7,10H,4,6,8H2,1-2H3,(H,15,16). The molecular weight excluding hydrogens is 238 g/mol. The second-order valence-corrected chi connectivity index (χ2v) is 5.47. The van der Waals surface area contributed by atoms with E-state index >= 15 is 0 Å². The van der Waals surface area contributed by atoms with E-state index in [-0.39, 0.29) is 0 Å². The normalized spacial score (nSPS) is 20.8. The van der Waals surface area contributed by atoms with Crippen LogP contribution in [0.5, 0.6) is 0 Å². The molecule has 0 spiro atoms. The molecule has 5 nitrogen and oxygen atoms in total. The van der Waals surface area contributed by atoms with Crippen molar-refractivity contribution in [1.82, 2.24) is 24.4 Å². The van der Waals surface area contributed by atoms with Crippen molar-refractivity contribution in [3.05, 3.63) is 24.3 Å². The van der Waals surface area contributed by atoms with Gasteiger partial charge in [0.25, 0.3) is 0 Å². The van der Waals surface area contributed by atoms with Crippen molar-refractivity contribution in [2.24, 2.45) is 0 Å². The number of aromatic amines is 1. The fourth-order valence-corrected chi connectivity index (χ4v) is 3.28. The van der Waals surface area contributed by atoms with E-state index in [2.05, 4.69) is 44.5 Å². The van der Waals surface area contributed by atoms with Crippen LogP contribution in [0.15, 0.2) is 18.5 Å². The largest absolute Gasteiger partial charge is 0.346 e. The molecule has 1 N–H and O–H groups in total. The average molecular weight is 255 g/mol. The van der Waals surface area contributed by atoms with E-state index in [4.69, 9.17) is 0 Å². The summed E-state index contributed by atoms with van der Waals surface area (Å²) in [6.45, 7) is 4.35. The van der Waals surface area contributed by atoms with Crippen LogP contribution in [0.4, 0.5) is 0 Å². The Hall–Kier alpha value is -1.88. The SMILES string of the molecule is Cc1nc2cnc3[nH]ccc3c2n1C1CCN(C)C1. The maximum absolute atomic E-state index is 4.68. The summed E-state index contributed by atoms with van der Waals surface area (Å²) < 4.78 is 2.40. The number of hydrogen-bond donors (Lipinski definition) is 1. The Morgan fingerprint density at radius 3 is 3.11 bits per heavy atom. The van der Waals surface area contributed by atoms with Crippen molar-refractivity contribution in [1.29, 1.82) is 0 Å². The average Bonchev–Trinajstić information content (AvgIpc) is 3.05. The van der Waals surface area contributed by atoms with Crippen LogP contribution in [0.2, 0.25) is 0 Å². The van der Waals surface area contributed by atoms with Gasteiger partial charge >= 0.3 is 0 Å². The Labute approximate surface area is 111 Å². The minimum absolute atomic E-state index is 0.524. The summed E-state index contributed by atoms with van der Waals surface area (Å²) in [6, 6.07) is 2.62. The summed E-state index contributed by atoms with van der Waals surface area (Å²) >= 11 is 0. The molecule has 4 heterocycles. The number of aromatic nitrogens is 4. The van der Waals surface area contributed by atoms with Crippen molar-refractivity contribution in [2.75, 3.05) is 20.1 Å². The van der Waals surface area contributed by atoms with Gasteiger partial charge in [0, 0.05) is 24.2 Å². The Morgan fingerprint density at radius 2 is 2.32 bits per heavy atom. The van der Waals surface area contributed by atoms with Gasteiger partial charge in [-0.1, -0.05) is 0 Å². The van der Waals surface area contributed by atoms with Crippen LogP contribution in [-0.4, -0.2) is 44.6 Å². The Kier molecular flexibility index (Phi) is 2.20. The fourth-order valence-electron chi connectivity index (χ4n) is 3.28. The molecule has 0 bridgehead atoms. The van der Waals surface area contributed by atoms with E-state index in [0.717, 1.165) is 30.1 Å². The number of rotatable bonds is 1. The van der Waals surface area contributed by atoms with Crippen LogP contribution < -0.4 is 0 Å². The lowest BCUT2D eigenvalue weighted by molar-refractivity contribution is 0.393. The lowest BCUT2D eigenvalue weighted by Gasteiger charge is -2.15. The third-order valence-electron chi connectivity index (χ3n) is 4.14. The molecule has 1 atom stereocenters. The van der Waals surface area contributed by atoms with Crippen LogP contribution in [0.3, 0.4) is 0 Å². The van der Waals surface area contributed by atoms with E-state index in [1.54, 1.807) is 0 Å². The molecule has 1 aliphatic rings. The zero-order valence-electron chi connectivity index (χ0n) is 11.2. The maximum Gasteiger partial charge on any atom is 0.139 e. The van der Waals surface area contributed by atoms with E-state index in [0.29, 0.717) is 6.04 Å². The van der Waals surface area contributed by atoms with E-state index < -0.39 is 0 Å². The lowest BCUT2D eigenvalue weighted by Crippen LogP contribution is -2.17. The molecule has 4 rings (SSSR count). The van der Waals surface area contributed by atoms with Gasteiger partial charge in [-0.3, -0.25) is 0 Å². The van der Waals surface area contributed by atoms with Gasteiger partial charge < -0.3 is 14.5 Å². The number of nitrogens with zero attached hydrogens (tertiary/aromatic N) is 4. The smallest absolute Gasteiger partial charge is 0.139 e. The van der Waals surface area contributed by atoms with Gasteiger partial charge in [0.1, 0.15) is 17.0 Å². The summed E-state index contributed by atoms with van der Waals surface area (Å²) in [5.74, 6) is 1.09. The molecule has 19 heavy (non-hydrogen) atoms. The molecule has 1 aliphatic heterocycles. The first-order chi connectivity index (χ1) is 9.24. The summed E-state index contributed by atoms with van der Waals surface area (Å²) in [5.41, 5.74) is 3.17. The number of fused-ring (bicyclic) bond motifs is 3. The Morgan fingerprint density at radius 1 is 1.42 bits per heavy atom. The van der Waals surface area contributed by atoms with Crippen molar-refractivity contribution in [3.8, 4) is 0 Å². The number of likely N-dealkylation sites (tertiary alicyclic amines) is 1. The predicted molar refractivity (Wildman–Crippen MR) is 75.3 cm³/mol. The van der Waals surface area contributed by atoms with Crippen LogP contribution >= 0.6 is 0 Å². The minimum Gasteiger partial charge on any atom is -0.346 e. The number of H-pyrrole nitrogens is 1. The highest BCUT2D eigenvalue weighted by Gasteiger charge is 2.25. The molecule has 3 aromatic rings. The highest BCUT2D eigenvalue weighted by molar-refractivity contribution is 6.01. The first-order valence-corrected chi connectivity index (χ1v) is 6.73. The zero-order valence-corrected chi connectivity index (χ0v) is 11.2. The molecule has 0 amide bonds. The molecule has 3 aromatic heterocycles. The molecule has 0 saturated carbocycles. The number of hydrogen-bond acceptors (Lipinski definition) is 3. The number of aryl methyl sites for hydroxylation is 1. The molecule has 0 aliphatic carbocycles. The molecule has 0 aromatic carbocycles. The quantitative estimate of drug-likeness (QED) is 0.724. The minimum atomic E-state index is 0.524. The zero-order chi connectivity index (χ0) is 13.0. The van der Waals surface area contributed by atoms with Crippen molar-refractivity contribution in [2.45, 2.75) is 19.4 Å². The highest BCUT2D eigenvalue weighted by Crippen LogP contribution is 2.30. The Balaban J connectivity index is 2.02. The first-order valence-electron chi connectivity index (χ1n) is 6.73. The molecule has 1 saturated heterocycles. The van der Waals surface area contributed by atoms with Crippen LogP contribution in [0, 0.1) is 6.92 Å². The number of pyridine rings is 1. The number of likely N-dealkylation sites (N-methyl/N-ethyl adjacent to an activating group) is 1. The summed E-state index contributed by atoms with van der Waals surface area (Å²) in [4.78, 5) is 14.7.